The van der Waals surface area contributed by atoms with Gasteiger partial charge < -0.3 is 9.47 Å². The van der Waals surface area contributed by atoms with Gasteiger partial charge in [-0.1, -0.05) is 6.07 Å². The Morgan fingerprint density at radius 2 is 1.36 bits per heavy atom. The predicted molar refractivity (Wildman–Crippen MR) is 104 cm³/mol. The van der Waals surface area contributed by atoms with Gasteiger partial charge in [0.2, 0.25) is 0 Å². The van der Waals surface area contributed by atoms with Crippen LogP contribution in [0.15, 0.2) is 43.1 Å². The quantitative estimate of drug-likeness (QED) is 0.679. The molecule has 0 saturated carbocycles. The maximum absolute atomic E-state index is 5.81. The Balaban J connectivity index is 1.31. The SMILES string of the molecule is c1cc(-c2cnn(C3CCCCO3)c2)ncc1-c1cnn(C2CCCCO2)c1. The number of nitrogens with zero attached hydrogens (tertiary/aromatic N) is 5. The molecule has 0 radical (unpaired) electrons. The first kappa shape index (κ1) is 17.6. The van der Waals surface area contributed by atoms with Crippen LogP contribution in [0.4, 0.5) is 0 Å². The van der Waals surface area contributed by atoms with Crippen LogP contribution in [0.3, 0.4) is 0 Å². The molecule has 3 aromatic heterocycles. The molecule has 7 heteroatoms. The molecule has 28 heavy (non-hydrogen) atoms. The lowest BCUT2D eigenvalue weighted by atomic mass is 10.1. The van der Waals surface area contributed by atoms with E-state index in [0.29, 0.717) is 0 Å². The van der Waals surface area contributed by atoms with Crippen molar-refractivity contribution in [3.8, 4) is 22.4 Å². The van der Waals surface area contributed by atoms with Crippen LogP contribution in [-0.4, -0.2) is 37.8 Å². The van der Waals surface area contributed by atoms with Crippen molar-refractivity contribution in [3.05, 3.63) is 43.1 Å². The Morgan fingerprint density at radius 1 is 0.714 bits per heavy atom. The summed E-state index contributed by atoms with van der Waals surface area (Å²) in [6, 6.07) is 4.12. The van der Waals surface area contributed by atoms with E-state index in [0.717, 1.165) is 61.3 Å². The molecule has 2 saturated heterocycles. The fourth-order valence-corrected chi connectivity index (χ4v) is 3.87. The fraction of sp³-hybridized carbons (Fsp3) is 0.476. The second kappa shape index (κ2) is 7.85. The Labute approximate surface area is 164 Å². The summed E-state index contributed by atoms with van der Waals surface area (Å²) in [7, 11) is 0. The Morgan fingerprint density at radius 3 is 1.93 bits per heavy atom. The number of pyridine rings is 1. The maximum atomic E-state index is 5.81. The van der Waals surface area contributed by atoms with Crippen LogP contribution in [0.5, 0.6) is 0 Å². The van der Waals surface area contributed by atoms with Gasteiger partial charge in [0.05, 0.1) is 18.1 Å². The zero-order valence-electron chi connectivity index (χ0n) is 15.9. The summed E-state index contributed by atoms with van der Waals surface area (Å²) in [5.74, 6) is 0. The van der Waals surface area contributed by atoms with E-state index in [1.165, 1.54) is 12.8 Å². The molecule has 2 unspecified atom stereocenters. The first-order valence-electron chi connectivity index (χ1n) is 10.2. The number of hydrogen-bond acceptors (Lipinski definition) is 5. The van der Waals surface area contributed by atoms with Gasteiger partial charge in [0.1, 0.15) is 12.5 Å². The Bertz CT molecular complexity index is 830. The van der Waals surface area contributed by atoms with Crippen molar-refractivity contribution in [1.29, 1.82) is 0 Å². The normalized spacial score (nSPS) is 23.0. The van der Waals surface area contributed by atoms with E-state index in [2.05, 4.69) is 21.2 Å². The maximum Gasteiger partial charge on any atom is 0.150 e. The van der Waals surface area contributed by atoms with Crippen LogP contribution in [0.1, 0.15) is 51.0 Å². The zero-order chi connectivity index (χ0) is 18.8. The molecule has 5 rings (SSSR count). The third-order valence-electron chi connectivity index (χ3n) is 5.50. The molecular formula is C21H25N5O2. The zero-order valence-corrected chi connectivity index (χ0v) is 15.9. The van der Waals surface area contributed by atoms with E-state index in [9.17, 15) is 0 Å². The van der Waals surface area contributed by atoms with Gasteiger partial charge in [-0.3, -0.25) is 4.98 Å². The van der Waals surface area contributed by atoms with Gasteiger partial charge in [0.25, 0.3) is 0 Å². The van der Waals surface area contributed by atoms with Crippen LogP contribution >= 0.6 is 0 Å². The first-order valence-corrected chi connectivity index (χ1v) is 10.2. The molecule has 2 atom stereocenters. The average molecular weight is 379 g/mol. The minimum atomic E-state index is 0.0506. The molecule has 2 aliphatic rings. The summed E-state index contributed by atoms with van der Waals surface area (Å²) in [5.41, 5.74) is 4.02. The molecule has 2 aliphatic heterocycles. The molecule has 0 aliphatic carbocycles. The Kier molecular flexibility index (Phi) is 4.93. The molecule has 0 N–H and O–H groups in total. The second-order valence-electron chi connectivity index (χ2n) is 7.49. The number of ether oxygens (including phenoxy) is 2. The number of aromatic nitrogens is 5. The van der Waals surface area contributed by atoms with Gasteiger partial charge in [-0.2, -0.15) is 10.2 Å². The van der Waals surface area contributed by atoms with Crippen LogP contribution in [0.25, 0.3) is 22.4 Å². The third-order valence-corrected chi connectivity index (χ3v) is 5.50. The second-order valence-corrected chi connectivity index (χ2v) is 7.49. The molecule has 146 valence electrons. The fourth-order valence-electron chi connectivity index (χ4n) is 3.87. The molecule has 0 aromatic carbocycles. The minimum absolute atomic E-state index is 0.0506. The van der Waals surface area contributed by atoms with E-state index in [4.69, 9.17) is 9.47 Å². The minimum Gasteiger partial charge on any atom is -0.357 e. The van der Waals surface area contributed by atoms with E-state index in [-0.39, 0.29) is 12.5 Å². The lowest BCUT2D eigenvalue weighted by Gasteiger charge is -2.22. The first-order chi connectivity index (χ1) is 13.9. The summed E-state index contributed by atoms with van der Waals surface area (Å²) in [6.45, 7) is 1.63. The third kappa shape index (κ3) is 3.59. The number of rotatable bonds is 4. The highest BCUT2D eigenvalue weighted by atomic mass is 16.5. The Hall–Kier alpha value is -2.51. The highest BCUT2D eigenvalue weighted by molar-refractivity contribution is 5.65. The van der Waals surface area contributed by atoms with Gasteiger partial charge in [0, 0.05) is 48.5 Å². The molecule has 0 spiro atoms. The van der Waals surface area contributed by atoms with Crippen LogP contribution in [0.2, 0.25) is 0 Å². The van der Waals surface area contributed by atoms with E-state index >= 15 is 0 Å². The highest BCUT2D eigenvalue weighted by Crippen LogP contribution is 2.27. The predicted octanol–water partition coefficient (Wildman–Crippen LogP) is 4.21. The molecule has 2 fully saturated rings. The van der Waals surface area contributed by atoms with Crippen LogP contribution in [0, 0.1) is 0 Å². The molecule has 0 bridgehead atoms. The van der Waals surface area contributed by atoms with E-state index in [1.807, 2.05) is 46.4 Å². The van der Waals surface area contributed by atoms with Crippen molar-refractivity contribution in [2.24, 2.45) is 0 Å². The highest BCUT2D eigenvalue weighted by Gasteiger charge is 2.18. The molecule has 5 heterocycles. The molecule has 0 amide bonds. The van der Waals surface area contributed by atoms with Gasteiger partial charge in [0.15, 0.2) is 0 Å². The standard InChI is InChI=1S/C21H25N5O2/c1-3-9-27-20(5-1)25-14-17(12-23-25)16-7-8-19(22-11-16)18-13-24-26(15-18)21-6-2-4-10-28-21/h7-8,11-15,20-21H,1-6,9-10H2. The molecule has 3 aromatic rings. The van der Waals surface area contributed by atoms with Crippen molar-refractivity contribution in [3.63, 3.8) is 0 Å². The van der Waals surface area contributed by atoms with Gasteiger partial charge in [-0.25, -0.2) is 9.36 Å². The lowest BCUT2D eigenvalue weighted by Crippen LogP contribution is -2.18. The van der Waals surface area contributed by atoms with Gasteiger partial charge in [-0.15, -0.1) is 0 Å². The van der Waals surface area contributed by atoms with Gasteiger partial charge in [-0.05, 0) is 44.6 Å². The summed E-state index contributed by atoms with van der Waals surface area (Å²) in [5, 5.41) is 8.96. The largest absolute Gasteiger partial charge is 0.357 e. The van der Waals surface area contributed by atoms with Crippen molar-refractivity contribution < 1.29 is 9.47 Å². The summed E-state index contributed by atoms with van der Waals surface area (Å²) in [6.07, 6.45) is 16.5. The van der Waals surface area contributed by atoms with Gasteiger partial charge >= 0.3 is 0 Å². The van der Waals surface area contributed by atoms with Crippen molar-refractivity contribution >= 4 is 0 Å². The average Bonchev–Trinajstić information content (AvgIpc) is 3.46. The van der Waals surface area contributed by atoms with Crippen LogP contribution in [-0.2, 0) is 9.47 Å². The number of hydrogen-bond donors (Lipinski definition) is 0. The molecule has 7 nitrogen and oxygen atoms in total. The summed E-state index contributed by atoms with van der Waals surface area (Å²) >= 11 is 0. The van der Waals surface area contributed by atoms with Crippen LogP contribution < -0.4 is 0 Å². The van der Waals surface area contributed by atoms with Crippen molar-refractivity contribution in [2.75, 3.05) is 13.2 Å². The smallest absolute Gasteiger partial charge is 0.150 e. The monoisotopic (exact) mass is 379 g/mol. The summed E-state index contributed by atoms with van der Waals surface area (Å²) in [4.78, 5) is 4.64. The lowest BCUT2D eigenvalue weighted by molar-refractivity contribution is -0.0395. The topological polar surface area (TPSA) is 67.0 Å². The summed E-state index contributed by atoms with van der Waals surface area (Å²) < 4.78 is 15.5. The van der Waals surface area contributed by atoms with Crippen molar-refractivity contribution in [1.82, 2.24) is 24.5 Å². The van der Waals surface area contributed by atoms with Crippen molar-refractivity contribution in [2.45, 2.75) is 51.0 Å². The van der Waals surface area contributed by atoms with E-state index in [1.54, 1.807) is 0 Å². The van der Waals surface area contributed by atoms with E-state index < -0.39 is 0 Å². The molecular weight excluding hydrogens is 354 g/mol.